The molecule has 2 saturated heterocycles. The Labute approximate surface area is 155 Å². The van der Waals surface area contributed by atoms with Gasteiger partial charge in [-0.1, -0.05) is 0 Å². The molecule has 1 aromatic carbocycles. The predicted molar refractivity (Wildman–Crippen MR) is 101 cm³/mol. The number of carbonyl (C=O) groups excluding carboxylic acids is 1. The zero-order valence-corrected chi connectivity index (χ0v) is 16.2. The van der Waals surface area contributed by atoms with Gasteiger partial charge in [0.1, 0.15) is 5.75 Å². The van der Waals surface area contributed by atoms with Gasteiger partial charge in [0.15, 0.2) is 9.84 Å². The minimum Gasteiger partial charge on any atom is -0.497 e. The van der Waals surface area contributed by atoms with Crippen molar-refractivity contribution < 1.29 is 17.9 Å². The zero-order chi connectivity index (χ0) is 18.7. The maximum absolute atomic E-state index is 12.5. The molecule has 1 atom stereocenters. The van der Waals surface area contributed by atoms with E-state index in [0.29, 0.717) is 13.0 Å². The molecule has 0 N–H and O–H groups in total. The van der Waals surface area contributed by atoms with Gasteiger partial charge in [-0.25, -0.2) is 8.42 Å². The highest BCUT2D eigenvalue weighted by atomic mass is 32.2. The lowest BCUT2D eigenvalue weighted by Gasteiger charge is -2.36. The Bertz CT molecular complexity index is 727. The summed E-state index contributed by atoms with van der Waals surface area (Å²) in [6, 6.07) is 7.83. The molecule has 0 aliphatic carbocycles. The average molecular weight is 381 g/mol. The number of nitrogens with zero attached hydrogens (tertiary/aromatic N) is 3. The van der Waals surface area contributed by atoms with Crippen molar-refractivity contribution in [3.8, 4) is 5.75 Å². The molecule has 1 aromatic rings. The van der Waals surface area contributed by atoms with E-state index in [1.165, 1.54) is 0 Å². The van der Waals surface area contributed by atoms with E-state index in [-0.39, 0.29) is 23.5 Å². The first kappa shape index (κ1) is 19.0. The van der Waals surface area contributed by atoms with Crippen LogP contribution in [0.3, 0.4) is 0 Å². The van der Waals surface area contributed by atoms with Crippen LogP contribution in [0.5, 0.6) is 5.75 Å². The summed E-state index contributed by atoms with van der Waals surface area (Å²) in [5.41, 5.74) is 1.16. The molecule has 1 amide bonds. The van der Waals surface area contributed by atoms with Gasteiger partial charge in [0, 0.05) is 45.0 Å². The molecule has 0 saturated carbocycles. The summed E-state index contributed by atoms with van der Waals surface area (Å²) < 4.78 is 28.4. The molecule has 3 rings (SSSR count). The molecule has 0 bridgehead atoms. The Hall–Kier alpha value is -1.80. The molecule has 26 heavy (non-hydrogen) atoms. The third kappa shape index (κ3) is 4.48. The summed E-state index contributed by atoms with van der Waals surface area (Å²) in [7, 11) is 0.406. The Morgan fingerprint density at radius 3 is 2.38 bits per heavy atom. The summed E-state index contributed by atoms with van der Waals surface area (Å²) in [5, 5.41) is 0. The largest absolute Gasteiger partial charge is 0.497 e. The van der Waals surface area contributed by atoms with Crippen molar-refractivity contribution in [2.24, 2.45) is 0 Å². The minimum atomic E-state index is -2.97. The summed E-state index contributed by atoms with van der Waals surface area (Å²) in [6.07, 6.45) is 0.551. The van der Waals surface area contributed by atoms with Crippen LogP contribution in [0.1, 0.15) is 6.42 Å². The Morgan fingerprint density at radius 2 is 1.85 bits per heavy atom. The smallest absolute Gasteiger partial charge is 0.236 e. The zero-order valence-electron chi connectivity index (χ0n) is 15.4. The van der Waals surface area contributed by atoms with Gasteiger partial charge in [-0.3, -0.25) is 9.69 Å². The topological polar surface area (TPSA) is 70.2 Å². The third-order valence-corrected chi connectivity index (χ3v) is 7.07. The van der Waals surface area contributed by atoms with Crippen LogP contribution in [0, 0.1) is 0 Å². The normalized spacial score (nSPS) is 23.0. The molecule has 2 aliphatic heterocycles. The van der Waals surface area contributed by atoms with Crippen LogP contribution in [0.25, 0.3) is 0 Å². The number of benzene rings is 1. The highest BCUT2D eigenvalue weighted by Gasteiger charge is 2.33. The molecule has 0 unspecified atom stereocenters. The Morgan fingerprint density at radius 1 is 1.19 bits per heavy atom. The van der Waals surface area contributed by atoms with Crippen LogP contribution in [-0.2, 0) is 14.6 Å². The quantitative estimate of drug-likeness (QED) is 0.738. The number of amides is 1. The number of hydrogen-bond acceptors (Lipinski definition) is 6. The first-order chi connectivity index (χ1) is 12.4. The van der Waals surface area contributed by atoms with Crippen LogP contribution in [0.2, 0.25) is 0 Å². The number of likely N-dealkylation sites (N-methyl/N-ethyl adjacent to an activating group) is 1. The second-order valence-electron chi connectivity index (χ2n) is 7.02. The average Bonchev–Trinajstić information content (AvgIpc) is 3.01. The van der Waals surface area contributed by atoms with Gasteiger partial charge >= 0.3 is 0 Å². The van der Waals surface area contributed by atoms with Crippen LogP contribution in [-0.4, -0.2) is 88.6 Å². The number of piperazine rings is 1. The molecule has 0 aromatic heterocycles. The van der Waals surface area contributed by atoms with Crippen LogP contribution in [0.4, 0.5) is 5.69 Å². The van der Waals surface area contributed by atoms with Crippen LogP contribution < -0.4 is 9.64 Å². The highest BCUT2D eigenvalue weighted by molar-refractivity contribution is 7.91. The van der Waals surface area contributed by atoms with E-state index in [1.54, 1.807) is 19.1 Å². The van der Waals surface area contributed by atoms with E-state index in [1.807, 2.05) is 24.3 Å². The molecule has 0 radical (unpaired) electrons. The number of sulfone groups is 1. The molecule has 2 heterocycles. The third-order valence-electron chi connectivity index (χ3n) is 5.32. The number of ether oxygens (including phenoxy) is 1. The van der Waals surface area contributed by atoms with Gasteiger partial charge in [-0.05, 0) is 30.7 Å². The lowest BCUT2D eigenvalue weighted by atomic mass is 10.2. The van der Waals surface area contributed by atoms with E-state index in [9.17, 15) is 13.2 Å². The van der Waals surface area contributed by atoms with Gasteiger partial charge in [0.2, 0.25) is 5.91 Å². The molecule has 0 spiro atoms. The predicted octanol–water partition coefficient (Wildman–Crippen LogP) is 0.463. The van der Waals surface area contributed by atoms with Gasteiger partial charge < -0.3 is 14.5 Å². The fourth-order valence-corrected chi connectivity index (χ4v) is 5.32. The van der Waals surface area contributed by atoms with Gasteiger partial charge in [-0.15, -0.1) is 0 Å². The Balaban J connectivity index is 1.48. The lowest BCUT2D eigenvalue weighted by molar-refractivity contribution is -0.132. The standard InChI is InChI=1S/C18H27N3O4S/c1-19(16-7-12-26(23,24)14-16)18(22)13-20-8-10-21(11-9-20)15-3-5-17(25-2)6-4-15/h3-6,16H,7-14H2,1-2H3/t16-/m1/s1. The number of anilines is 1. The van der Waals surface area contributed by atoms with Crippen molar-refractivity contribution in [3.63, 3.8) is 0 Å². The Kier molecular flexibility index (Phi) is 5.72. The van der Waals surface area contributed by atoms with Crippen molar-refractivity contribution in [1.29, 1.82) is 0 Å². The summed E-state index contributed by atoms with van der Waals surface area (Å²) >= 11 is 0. The van der Waals surface area contributed by atoms with Crippen molar-refractivity contribution in [2.75, 3.05) is 63.3 Å². The van der Waals surface area contributed by atoms with Crippen LogP contribution >= 0.6 is 0 Å². The maximum Gasteiger partial charge on any atom is 0.236 e. The number of carbonyl (C=O) groups is 1. The van der Waals surface area contributed by atoms with E-state index >= 15 is 0 Å². The molecule has 144 valence electrons. The van der Waals surface area contributed by atoms with E-state index in [2.05, 4.69) is 9.80 Å². The van der Waals surface area contributed by atoms with Crippen molar-refractivity contribution >= 4 is 21.4 Å². The van der Waals surface area contributed by atoms with Gasteiger partial charge in [-0.2, -0.15) is 0 Å². The van der Waals surface area contributed by atoms with Crippen molar-refractivity contribution in [2.45, 2.75) is 12.5 Å². The summed E-state index contributed by atoms with van der Waals surface area (Å²) in [5.74, 6) is 1.14. The van der Waals surface area contributed by atoms with Gasteiger partial charge in [0.25, 0.3) is 0 Å². The number of methoxy groups -OCH3 is 1. The molecule has 2 fully saturated rings. The second kappa shape index (κ2) is 7.84. The van der Waals surface area contributed by atoms with Crippen LogP contribution in [0.15, 0.2) is 24.3 Å². The van der Waals surface area contributed by atoms with Crippen molar-refractivity contribution in [3.05, 3.63) is 24.3 Å². The fourth-order valence-electron chi connectivity index (χ4n) is 3.54. The molecule has 8 heteroatoms. The SMILES string of the molecule is COc1ccc(N2CCN(CC(=O)N(C)[C@@H]3CCS(=O)(=O)C3)CC2)cc1. The van der Waals surface area contributed by atoms with Gasteiger partial charge in [0.05, 0.1) is 25.2 Å². The number of rotatable bonds is 5. The fraction of sp³-hybridized carbons (Fsp3) is 0.611. The van der Waals surface area contributed by atoms with Crippen molar-refractivity contribution in [1.82, 2.24) is 9.80 Å². The number of hydrogen-bond donors (Lipinski definition) is 0. The maximum atomic E-state index is 12.5. The monoisotopic (exact) mass is 381 g/mol. The lowest BCUT2D eigenvalue weighted by Crippen LogP contribution is -2.51. The first-order valence-corrected chi connectivity index (χ1v) is 10.8. The minimum absolute atomic E-state index is 0.00463. The second-order valence-corrected chi connectivity index (χ2v) is 9.25. The summed E-state index contributed by atoms with van der Waals surface area (Å²) in [6.45, 7) is 3.70. The summed E-state index contributed by atoms with van der Waals surface area (Å²) in [4.78, 5) is 18.6. The van der Waals surface area contributed by atoms with E-state index in [4.69, 9.17) is 4.74 Å². The molecule has 7 nitrogen and oxygen atoms in total. The highest BCUT2D eigenvalue weighted by Crippen LogP contribution is 2.21. The first-order valence-electron chi connectivity index (χ1n) is 8.95. The molecular formula is C18H27N3O4S. The van der Waals surface area contributed by atoms with E-state index < -0.39 is 9.84 Å². The molecular weight excluding hydrogens is 354 g/mol. The molecule has 2 aliphatic rings. The van der Waals surface area contributed by atoms with E-state index in [0.717, 1.165) is 37.6 Å².